The Bertz CT molecular complexity index is 1030. The summed E-state index contributed by atoms with van der Waals surface area (Å²) in [6, 6.07) is 7.40. The van der Waals surface area contributed by atoms with E-state index in [0.29, 0.717) is 10.9 Å². The molecule has 0 unspecified atom stereocenters. The van der Waals surface area contributed by atoms with Crippen molar-refractivity contribution in [2.75, 3.05) is 33.1 Å². The normalized spacial score (nSPS) is 14.5. The highest BCUT2D eigenvalue weighted by atomic mass is 32.2. The van der Waals surface area contributed by atoms with Crippen molar-refractivity contribution in [2.45, 2.75) is 18.1 Å². The Morgan fingerprint density at radius 1 is 1.33 bits per heavy atom. The summed E-state index contributed by atoms with van der Waals surface area (Å²) in [4.78, 5) is 22.6. The first-order valence-corrected chi connectivity index (χ1v) is 10.6. The Balaban J connectivity index is 1.93. The molecule has 3 heterocycles. The van der Waals surface area contributed by atoms with E-state index in [-0.39, 0.29) is 12.2 Å². The fraction of sp³-hybridized carbons (Fsp3) is 0.368. The number of thiophene rings is 1. The van der Waals surface area contributed by atoms with E-state index in [0.717, 1.165) is 46.7 Å². The number of hydrogen-bond acceptors (Lipinski definition) is 7. The van der Waals surface area contributed by atoms with Gasteiger partial charge in [0.2, 0.25) is 0 Å². The molecule has 6 nitrogen and oxygen atoms in total. The summed E-state index contributed by atoms with van der Waals surface area (Å²) in [6.45, 7) is 1.84. The number of hydrogen-bond donors (Lipinski definition) is 1. The van der Waals surface area contributed by atoms with Gasteiger partial charge in [-0.25, -0.2) is 4.98 Å². The van der Waals surface area contributed by atoms with Crippen molar-refractivity contribution in [2.24, 2.45) is 0 Å². The molecule has 1 aromatic carbocycles. The summed E-state index contributed by atoms with van der Waals surface area (Å²) in [7, 11) is 3.71. The molecule has 1 aliphatic heterocycles. The molecule has 0 radical (unpaired) electrons. The zero-order valence-corrected chi connectivity index (χ0v) is 16.9. The van der Waals surface area contributed by atoms with Crippen molar-refractivity contribution in [1.29, 1.82) is 0 Å². The third-order valence-corrected chi connectivity index (χ3v) is 6.72. The van der Waals surface area contributed by atoms with E-state index < -0.39 is 0 Å². The van der Waals surface area contributed by atoms with Gasteiger partial charge in [0.15, 0.2) is 5.16 Å². The number of thioether (sulfide) groups is 1. The molecule has 2 aromatic heterocycles. The molecule has 3 aromatic rings. The Morgan fingerprint density at radius 3 is 2.81 bits per heavy atom. The van der Waals surface area contributed by atoms with Crippen LogP contribution in [0.2, 0.25) is 0 Å². The highest BCUT2D eigenvalue weighted by molar-refractivity contribution is 7.99. The van der Waals surface area contributed by atoms with Crippen molar-refractivity contribution < 1.29 is 9.84 Å². The van der Waals surface area contributed by atoms with Crippen molar-refractivity contribution >= 4 is 33.3 Å². The largest absolute Gasteiger partial charge is 0.497 e. The Hall–Kier alpha value is -1.87. The number of ether oxygens (including phenoxy) is 1. The molecule has 1 aliphatic rings. The van der Waals surface area contributed by atoms with Gasteiger partial charge in [-0.3, -0.25) is 9.36 Å². The lowest BCUT2D eigenvalue weighted by atomic mass is 10.1. The van der Waals surface area contributed by atoms with Gasteiger partial charge in [0.25, 0.3) is 5.56 Å². The predicted octanol–water partition coefficient (Wildman–Crippen LogP) is 2.53. The van der Waals surface area contributed by atoms with Crippen LogP contribution in [0.25, 0.3) is 15.9 Å². The van der Waals surface area contributed by atoms with Crippen molar-refractivity contribution in [3.63, 3.8) is 0 Å². The maximum atomic E-state index is 13.5. The van der Waals surface area contributed by atoms with Crippen molar-refractivity contribution in [3.8, 4) is 11.4 Å². The molecule has 0 amide bonds. The molecule has 0 saturated carbocycles. The molecule has 0 saturated heterocycles. The molecule has 0 bridgehead atoms. The number of rotatable bonds is 5. The third-order valence-electron chi connectivity index (χ3n) is 4.69. The molecular formula is C19H21N3O3S2. The van der Waals surface area contributed by atoms with Gasteiger partial charge in [-0.15, -0.1) is 11.3 Å². The number of aromatic nitrogens is 2. The van der Waals surface area contributed by atoms with Crippen LogP contribution < -0.4 is 10.3 Å². The lowest BCUT2D eigenvalue weighted by Crippen LogP contribution is -2.27. The van der Waals surface area contributed by atoms with Gasteiger partial charge in [0.1, 0.15) is 10.6 Å². The highest BCUT2D eigenvalue weighted by Gasteiger charge is 2.24. The quantitative estimate of drug-likeness (QED) is 0.522. The van der Waals surface area contributed by atoms with Crippen LogP contribution in [0.1, 0.15) is 10.4 Å². The first-order chi connectivity index (χ1) is 13.1. The zero-order chi connectivity index (χ0) is 19.0. The Kier molecular flexibility index (Phi) is 5.23. The van der Waals surface area contributed by atoms with Crippen LogP contribution in [-0.4, -0.2) is 52.6 Å². The van der Waals surface area contributed by atoms with E-state index in [9.17, 15) is 9.90 Å². The standard InChI is InChI=1S/C19H21N3O3S2/c1-21-8-7-14-15(11-21)27-17-16(14)18(24)22(19(20-17)26-10-9-23)12-3-5-13(25-2)6-4-12/h3-6,23H,7-11H2,1-2H3. The van der Waals surface area contributed by atoms with Crippen molar-refractivity contribution in [1.82, 2.24) is 14.5 Å². The summed E-state index contributed by atoms with van der Waals surface area (Å²) >= 11 is 3.01. The number of aliphatic hydroxyl groups excluding tert-OH is 1. The SMILES string of the molecule is COc1ccc(-n2c(SCCO)nc3sc4c(c3c2=O)CCN(C)C4)cc1. The second-order valence-corrected chi connectivity index (χ2v) is 8.62. The molecule has 142 valence electrons. The van der Waals surface area contributed by atoms with Crippen LogP contribution >= 0.6 is 23.1 Å². The number of likely N-dealkylation sites (N-methyl/N-ethyl adjacent to an activating group) is 1. The first kappa shape index (κ1) is 18.5. The average molecular weight is 404 g/mol. The molecular weight excluding hydrogens is 382 g/mol. The van der Waals surface area contributed by atoms with E-state index in [1.807, 2.05) is 24.3 Å². The number of fused-ring (bicyclic) bond motifs is 3. The van der Waals surface area contributed by atoms with E-state index in [1.165, 1.54) is 16.6 Å². The first-order valence-electron chi connectivity index (χ1n) is 8.76. The van der Waals surface area contributed by atoms with Crippen LogP contribution in [0.4, 0.5) is 0 Å². The molecule has 0 atom stereocenters. The summed E-state index contributed by atoms with van der Waals surface area (Å²) < 4.78 is 6.89. The second kappa shape index (κ2) is 7.63. The summed E-state index contributed by atoms with van der Waals surface area (Å²) in [5.41, 5.74) is 1.86. The number of methoxy groups -OCH3 is 1. The number of benzene rings is 1. The van der Waals surface area contributed by atoms with Crippen LogP contribution in [0.15, 0.2) is 34.2 Å². The average Bonchev–Trinajstić information content (AvgIpc) is 3.04. The van der Waals surface area contributed by atoms with Gasteiger partial charge in [-0.2, -0.15) is 0 Å². The van der Waals surface area contributed by atoms with Gasteiger partial charge in [0.05, 0.1) is 24.8 Å². The minimum absolute atomic E-state index is 0.0346. The molecule has 8 heteroatoms. The van der Waals surface area contributed by atoms with E-state index in [1.54, 1.807) is 23.0 Å². The van der Waals surface area contributed by atoms with E-state index >= 15 is 0 Å². The predicted molar refractivity (Wildman–Crippen MR) is 110 cm³/mol. The van der Waals surface area contributed by atoms with Gasteiger partial charge < -0.3 is 14.7 Å². The second-order valence-electron chi connectivity index (χ2n) is 6.48. The monoisotopic (exact) mass is 403 g/mol. The maximum absolute atomic E-state index is 13.5. The topological polar surface area (TPSA) is 67.6 Å². The minimum Gasteiger partial charge on any atom is -0.497 e. The minimum atomic E-state index is -0.0346. The third kappa shape index (κ3) is 3.38. The summed E-state index contributed by atoms with van der Waals surface area (Å²) in [6.07, 6.45) is 0.870. The fourth-order valence-electron chi connectivity index (χ4n) is 3.34. The molecule has 4 rings (SSSR count). The maximum Gasteiger partial charge on any atom is 0.267 e. The lowest BCUT2D eigenvalue weighted by molar-refractivity contribution is 0.318. The lowest BCUT2D eigenvalue weighted by Gasteiger charge is -2.21. The van der Waals surface area contributed by atoms with Crippen molar-refractivity contribution in [3.05, 3.63) is 45.1 Å². The van der Waals surface area contributed by atoms with E-state index in [2.05, 4.69) is 11.9 Å². The summed E-state index contributed by atoms with van der Waals surface area (Å²) in [5.74, 6) is 1.23. The van der Waals surface area contributed by atoms with Gasteiger partial charge >= 0.3 is 0 Å². The van der Waals surface area contributed by atoms with Crippen LogP contribution in [0, 0.1) is 0 Å². The van der Waals surface area contributed by atoms with Crippen LogP contribution in [0.3, 0.4) is 0 Å². The van der Waals surface area contributed by atoms with Crippen LogP contribution in [0.5, 0.6) is 5.75 Å². The Labute approximate surface area is 165 Å². The van der Waals surface area contributed by atoms with E-state index in [4.69, 9.17) is 9.72 Å². The smallest absolute Gasteiger partial charge is 0.267 e. The van der Waals surface area contributed by atoms with Gasteiger partial charge in [0, 0.05) is 23.7 Å². The zero-order valence-electron chi connectivity index (χ0n) is 15.3. The highest BCUT2D eigenvalue weighted by Crippen LogP contribution is 2.34. The molecule has 0 spiro atoms. The molecule has 1 N–H and O–H groups in total. The molecule has 0 aliphatic carbocycles. The summed E-state index contributed by atoms with van der Waals surface area (Å²) in [5, 5.41) is 10.6. The number of aliphatic hydroxyl groups is 1. The van der Waals surface area contributed by atoms with Gasteiger partial charge in [-0.1, -0.05) is 11.8 Å². The number of nitrogens with zero attached hydrogens (tertiary/aromatic N) is 3. The molecule has 27 heavy (non-hydrogen) atoms. The molecule has 0 fully saturated rings. The van der Waals surface area contributed by atoms with Crippen LogP contribution in [-0.2, 0) is 13.0 Å². The van der Waals surface area contributed by atoms with Gasteiger partial charge in [-0.05, 0) is 43.3 Å². The Morgan fingerprint density at radius 2 is 2.11 bits per heavy atom. The fourth-order valence-corrected chi connectivity index (χ4v) is 5.44.